The molecule has 1 aromatic carbocycles. The minimum atomic E-state index is -3.68. The van der Waals surface area contributed by atoms with Gasteiger partial charge in [0, 0.05) is 23.0 Å². The molecule has 0 aromatic heterocycles. The maximum absolute atomic E-state index is 11.9. The fraction of sp³-hybridized carbons (Fsp3) is 0.385. The van der Waals surface area contributed by atoms with E-state index in [0.717, 1.165) is 0 Å². The number of nitrogens with one attached hydrogen (secondary N) is 2. The predicted molar refractivity (Wildman–Crippen MR) is 80.8 cm³/mol. The molecule has 3 N–H and O–H groups in total. The van der Waals surface area contributed by atoms with Crippen LogP contribution in [0.5, 0.6) is 0 Å². The van der Waals surface area contributed by atoms with Gasteiger partial charge in [0.1, 0.15) is 0 Å². The molecule has 0 aliphatic heterocycles. The summed E-state index contributed by atoms with van der Waals surface area (Å²) in [5.41, 5.74) is 0.799. The number of benzene rings is 1. The van der Waals surface area contributed by atoms with E-state index in [1.165, 1.54) is 6.07 Å². The number of aliphatic hydroxyl groups excluding tert-OH is 1. The van der Waals surface area contributed by atoms with Gasteiger partial charge in [0.05, 0.1) is 12.3 Å². The lowest BCUT2D eigenvalue weighted by Gasteiger charge is -2.13. The summed E-state index contributed by atoms with van der Waals surface area (Å²) in [6.07, 6.45) is 0.319. The molecule has 7 heteroatoms. The van der Waals surface area contributed by atoms with E-state index in [0.29, 0.717) is 22.7 Å². The van der Waals surface area contributed by atoms with Crippen LogP contribution < -0.4 is 9.44 Å². The lowest BCUT2D eigenvalue weighted by atomic mass is 10.2. The van der Waals surface area contributed by atoms with E-state index in [4.69, 9.17) is 16.7 Å². The number of aliphatic hydroxyl groups is 1. The van der Waals surface area contributed by atoms with Crippen LogP contribution in [0.2, 0.25) is 5.02 Å². The largest absolute Gasteiger partial charge is 0.395 e. The molecule has 0 saturated carbocycles. The highest BCUT2D eigenvalue weighted by atomic mass is 35.5. The van der Waals surface area contributed by atoms with E-state index in [-0.39, 0.29) is 12.6 Å². The first-order valence-electron chi connectivity index (χ1n) is 6.03. The van der Waals surface area contributed by atoms with Crippen LogP contribution in [-0.2, 0) is 10.2 Å². The van der Waals surface area contributed by atoms with Crippen molar-refractivity contribution in [1.29, 1.82) is 0 Å². The molecule has 1 rings (SSSR count). The zero-order valence-corrected chi connectivity index (χ0v) is 12.8. The highest BCUT2D eigenvalue weighted by Crippen LogP contribution is 2.21. The van der Waals surface area contributed by atoms with Gasteiger partial charge in [-0.25, -0.2) is 0 Å². The van der Waals surface area contributed by atoms with E-state index >= 15 is 0 Å². The quantitative estimate of drug-likeness (QED) is 0.724. The number of hydrogen-bond acceptors (Lipinski definition) is 3. The van der Waals surface area contributed by atoms with Crippen LogP contribution in [0, 0.1) is 11.8 Å². The van der Waals surface area contributed by atoms with Crippen molar-refractivity contribution in [2.24, 2.45) is 0 Å². The molecule has 0 heterocycles. The Labute approximate surface area is 124 Å². The van der Waals surface area contributed by atoms with E-state index in [2.05, 4.69) is 21.3 Å². The van der Waals surface area contributed by atoms with Crippen LogP contribution in [0.25, 0.3) is 0 Å². The minimum absolute atomic E-state index is 0.0451. The molecule has 20 heavy (non-hydrogen) atoms. The van der Waals surface area contributed by atoms with Crippen molar-refractivity contribution in [2.45, 2.75) is 26.3 Å². The van der Waals surface area contributed by atoms with Gasteiger partial charge in [-0.3, -0.25) is 4.72 Å². The Bertz CT molecular complexity index is 618. The molecule has 0 radical (unpaired) electrons. The summed E-state index contributed by atoms with van der Waals surface area (Å²) in [6, 6.07) is 4.51. The van der Waals surface area contributed by atoms with Crippen LogP contribution in [-0.4, -0.2) is 26.2 Å². The molecule has 0 atom stereocenters. The Morgan fingerprint density at radius 1 is 1.40 bits per heavy atom. The van der Waals surface area contributed by atoms with Crippen molar-refractivity contribution < 1.29 is 13.5 Å². The summed E-state index contributed by atoms with van der Waals surface area (Å²) in [5, 5.41) is 9.10. The van der Waals surface area contributed by atoms with E-state index in [9.17, 15) is 8.42 Å². The van der Waals surface area contributed by atoms with Crippen molar-refractivity contribution in [3.63, 3.8) is 0 Å². The third-order valence-electron chi connectivity index (χ3n) is 2.08. The smallest absolute Gasteiger partial charge is 0.299 e. The molecule has 110 valence electrons. The Kier molecular flexibility index (Phi) is 6.30. The topological polar surface area (TPSA) is 78.4 Å². The van der Waals surface area contributed by atoms with Crippen molar-refractivity contribution in [2.75, 3.05) is 11.3 Å². The number of rotatable bonds is 5. The third kappa shape index (κ3) is 5.80. The first kappa shape index (κ1) is 16.8. The standard InChI is InChI=1S/C13H17ClN2O3S/c1-10(2)15-20(18,19)16-13-9-12(14)7-6-11(13)5-3-4-8-17/h6-7,9-10,15-17H,4,8H2,1-2H3. The van der Waals surface area contributed by atoms with Gasteiger partial charge >= 0.3 is 0 Å². The second kappa shape index (κ2) is 7.50. The monoisotopic (exact) mass is 316 g/mol. The van der Waals surface area contributed by atoms with Gasteiger partial charge in [0.25, 0.3) is 10.2 Å². The molecule has 0 amide bonds. The van der Waals surface area contributed by atoms with Crippen LogP contribution in [0.3, 0.4) is 0 Å². The molecule has 0 unspecified atom stereocenters. The molecule has 0 fully saturated rings. The first-order chi connectivity index (χ1) is 9.34. The van der Waals surface area contributed by atoms with E-state index in [1.54, 1.807) is 26.0 Å². The molecule has 1 aromatic rings. The molecular formula is C13H17ClN2O3S. The number of halogens is 1. The van der Waals surface area contributed by atoms with Crippen molar-refractivity contribution in [3.05, 3.63) is 28.8 Å². The SMILES string of the molecule is CC(C)NS(=O)(=O)Nc1cc(Cl)ccc1C#CCCO. The van der Waals surface area contributed by atoms with Gasteiger partial charge in [-0.1, -0.05) is 23.4 Å². The molecule has 0 aliphatic carbocycles. The number of anilines is 1. The molecule has 0 aliphatic rings. The highest BCUT2D eigenvalue weighted by molar-refractivity contribution is 7.90. The summed E-state index contributed by atoms with van der Waals surface area (Å²) in [4.78, 5) is 0. The Balaban J connectivity index is 3.05. The first-order valence-corrected chi connectivity index (χ1v) is 7.89. The Hall–Kier alpha value is -1.26. The average Bonchev–Trinajstić information content (AvgIpc) is 2.29. The minimum Gasteiger partial charge on any atom is -0.395 e. The third-order valence-corrected chi connectivity index (χ3v) is 3.58. The molecule has 5 nitrogen and oxygen atoms in total. The van der Waals surface area contributed by atoms with Crippen LogP contribution >= 0.6 is 11.6 Å². The summed E-state index contributed by atoms with van der Waals surface area (Å²) in [7, 11) is -3.68. The summed E-state index contributed by atoms with van der Waals surface area (Å²) < 4.78 is 28.5. The zero-order valence-electron chi connectivity index (χ0n) is 11.3. The average molecular weight is 317 g/mol. The zero-order chi connectivity index (χ0) is 15.2. The fourth-order valence-corrected chi connectivity index (χ4v) is 2.72. The molecule has 0 bridgehead atoms. The van der Waals surface area contributed by atoms with Gasteiger partial charge in [0.2, 0.25) is 0 Å². The van der Waals surface area contributed by atoms with Crippen LogP contribution in [0.1, 0.15) is 25.8 Å². The summed E-state index contributed by atoms with van der Waals surface area (Å²) >= 11 is 5.87. The normalized spacial score (nSPS) is 11.1. The van der Waals surface area contributed by atoms with Gasteiger partial charge in [-0.15, -0.1) is 0 Å². The molecule has 0 spiro atoms. The van der Waals surface area contributed by atoms with Crippen molar-refractivity contribution in [3.8, 4) is 11.8 Å². The van der Waals surface area contributed by atoms with E-state index in [1.807, 2.05) is 0 Å². The molecule has 0 saturated heterocycles. The lowest BCUT2D eigenvalue weighted by Crippen LogP contribution is -2.35. The van der Waals surface area contributed by atoms with Gasteiger partial charge in [0.15, 0.2) is 0 Å². The lowest BCUT2D eigenvalue weighted by molar-refractivity contribution is 0.305. The highest BCUT2D eigenvalue weighted by Gasteiger charge is 2.13. The van der Waals surface area contributed by atoms with Crippen LogP contribution in [0.15, 0.2) is 18.2 Å². The molecular weight excluding hydrogens is 300 g/mol. The van der Waals surface area contributed by atoms with Crippen molar-refractivity contribution >= 4 is 27.5 Å². The predicted octanol–water partition coefficient (Wildman–Crippen LogP) is 1.73. The van der Waals surface area contributed by atoms with Gasteiger partial charge < -0.3 is 5.11 Å². The second-order valence-electron chi connectivity index (χ2n) is 4.34. The Morgan fingerprint density at radius 3 is 2.70 bits per heavy atom. The summed E-state index contributed by atoms with van der Waals surface area (Å²) in [5.74, 6) is 5.53. The van der Waals surface area contributed by atoms with Crippen LogP contribution in [0.4, 0.5) is 5.69 Å². The Morgan fingerprint density at radius 2 is 2.10 bits per heavy atom. The summed E-state index contributed by atoms with van der Waals surface area (Å²) in [6.45, 7) is 3.40. The second-order valence-corrected chi connectivity index (χ2v) is 6.23. The van der Waals surface area contributed by atoms with E-state index < -0.39 is 10.2 Å². The maximum atomic E-state index is 11.9. The fourth-order valence-electron chi connectivity index (χ4n) is 1.41. The van der Waals surface area contributed by atoms with Crippen molar-refractivity contribution in [1.82, 2.24) is 4.72 Å². The number of hydrogen-bond donors (Lipinski definition) is 3. The van der Waals surface area contributed by atoms with Gasteiger partial charge in [-0.2, -0.15) is 13.1 Å². The maximum Gasteiger partial charge on any atom is 0.299 e. The van der Waals surface area contributed by atoms with Gasteiger partial charge in [-0.05, 0) is 32.0 Å².